The second kappa shape index (κ2) is 33.4. The van der Waals surface area contributed by atoms with Crippen LogP contribution in [-0.2, 0) is 75.2 Å². The van der Waals surface area contributed by atoms with Gasteiger partial charge in [0.15, 0.2) is 0 Å². The molecule has 462 valence electrons. The third-order valence-electron chi connectivity index (χ3n) is 13.3. The van der Waals surface area contributed by atoms with E-state index in [9.17, 15) is 87.9 Å². The lowest BCUT2D eigenvalue weighted by Gasteiger charge is -2.32. The van der Waals surface area contributed by atoms with Crippen molar-refractivity contribution in [2.45, 2.75) is 153 Å². The number of phenols is 1. The summed E-state index contributed by atoms with van der Waals surface area (Å²) in [5, 5.41) is 70.2. The largest absolute Gasteiger partial charge is 0.508 e. The summed E-state index contributed by atoms with van der Waals surface area (Å²) in [5.41, 5.74) is 12.8. The molecule has 1 aliphatic rings. The van der Waals surface area contributed by atoms with Gasteiger partial charge in [-0.1, -0.05) is 70.2 Å². The Morgan fingerprint density at radius 3 is 1.73 bits per heavy atom. The number of carbonyl (C=O) groups is 13. The summed E-state index contributed by atoms with van der Waals surface area (Å²) in [5.74, 6) is -14.9. The monoisotopic (exact) mass is 1180 g/mol. The number of carboxylic acids is 2. The zero-order valence-corrected chi connectivity index (χ0v) is 47.4. The molecular formula is C54H78N12O18. The average Bonchev–Trinajstić information content (AvgIpc) is 3.57. The van der Waals surface area contributed by atoms with Crippen molar-refractivity contribution in [2.75, 3.05) is 19.7 Å². The van der Waals surface area contributed by atoms with E-state index in [1.165, 1.54) is 37.8 Å². The maximum atomic E-state index is 14.0. The van der Waals surface area contributed by atoms with E-state index in [1.807, 2.05) is 0 Å². The summed E-state index contributed by atoms with van der Waals surface area (Å²) in [6.07, 6.45) is -3.30. The van der Waals surface area contributed by atoms with E-state index in [2.05, 4.69) is 47.9 Å². The lowest BCUT2D eigenvalue weighted by Crippen LogP contribution is -2.62. The van der Waals surface area contributed by atoms with Gasteiger partial charge in [-0.05, 0) is 74.6 Å². The van der Waals surface area contributed by atoms with Gasteiger partial charge in [0.1, 0.15) is 60.1 Å². The van der Waals surface area contributed by atoms with Gasteiger partial charge in [0, 0.05) is 19.4 Å². The summed E-state index contributed by atoms with van der Waals surface area (Å²) in [6.45, 7) is 6.73. The molecule has 84 heavy (non-hydrogen) atoms. The molecule has 0 aromatic heterocycles. The number of carboxylic acid groups (broad SMARTS) is 2. The molecule has 11 atom stereocenters. The van der Waals surface area contributed by atoms with Crippen LogP contribution < -0.4 is 59.3 Å². The number of amides is 11. The number of nitrogens with zero attached hydrogens (tertiary/aromatic N) is 1. The van der Waals surface area contributed by atoms with Crippen LogP contribution in [0.5, 0.6) is 5.75 Å². The fourth-order valence-corrected chi connectivity index (χ4v) is 8.60. The van der Waals surface area contributed by atoms with Gasteiger partial charge in [-0.25, -0.2) is 4.79 Å². The average molecular weight is 1180 g/mol. The van der Waals surface area contributed by atoms with Crippen LogP contribution in [0, 0.1) is 11.8 Å². The summed E-state index contributed by atoms with van der Waals surface area (Å²) < 4.78 is 0. The number of nitrogens with two attached hydrogens (primary N) is 2. The Morgan fingerprint density at radius 2 is 1.17 bits per heavy atom. The Kier molecular flexibility index (Phi) is 27.6. The standard InChI is InChI=1S/C54H78N12O18/c1-26(2)42(51(80)57-24-40(71)59-37(25-67)49(78)60-34(18-19-41(72)73)47(76)58-28(5)45(74)62-36(54(83)84)22-30-11-8-7-9-12-30)63-48(77)35(23-39(56)70)61-52(81)44(29(6)68)65-50(79)38-13-10-20-66(38)53(82)43(27(3)4)64-46(75)33(55)21-31-14-16-32(69)17-15-31/h7-9,11-12,14-17,26-29,33-38,42-44,67-69H,10,13,18-25,55H2,1-6H3,(H2,56,70)(H,57,80)(H,58,76)(H,59,71)(H,60,78)(H,61,81)(H,62,74)(H,63,77)(H,64,75)(H,65,79)(H,72,73)(H,83,84)/t28-,29+,33-,34-,35-,36-,37-,38+,42-,43-,44-/m0/s1. The molecule has 0 spiro atoms. The predicted octanol–water partition coefficient (Wildman–Crippen LogP) is -4.98. The molecule has 2 aromatic carbocycles. The third-order valence-corrected chi connectivity index (χ3v) is 13.3. The van der Waals surface area contributed by atoms with Crippen molar-refractivity contribution in [3.8, 4) is 5.75 Å². The van der Waals surface area contributed by atoms with Gasteiger partial charge in [-0.3, -0.25) is 57.5 Å². The first-order valence-corrected chi connectivity index (χ1v) is 27.0. The van der Waals surface area contributed by atoms with Crippen LogP contribution in [0.25, 0.3) is 0 Å². The summed E-state index contributed by atoms with van der Waals surface area (Å²) in [4.78, 5) is 171. The van der Waals surface area contributed by atoms with Crippen molar-refractivity contribution >= 4 is 76.9 Å². The van der Waals surface area contributed by atoms with Crippen LogP contribution in [-0.4, -0.2) is 194 Å². The quantitative estimate of drug-likeness (QED) is 0.0318. The fraction of sp³-hybridized carbons (Fsp3) is 0.537. The third kappa shape index (κ3) is 22.2. The van der Waals surface area contributed by atoms with E-state index in [-0.39, 0.29) is 31.6 Å². The molecule has 3 rings (SSSR count). The highest BCUT2D eigenvalue weighted by molar-refractivity contribution is 5.99. The number of rotatable bonds is 33. The van der Waals surface area contributed by atoms with Gasteiger partial charge in [0.25, 0.3) is 0 Å². The number of hydrogen-bond donors (Lipinski definition) is 16. The van der Waals surface area contributed by atoms with Gasteiger partial charge in [0.05, 0.1) is 31.7 Å². The summed E-state index contributed by atoms with van der Waals surface area (Å²) in [6, 6.07) is -0.461. The Hall–Kier alpha value is -8.77. The number of phenolic OH excluding ortho intramolecular Hbond substituents is 1. The smallest absolute Gasteiger partial charge is 0.326 e. The first-order chi connectivity index (χ1) is 39.4. The molecule has 18 N–H and O–H groups in total. The van der Waals surface area contributed by atoms with Gasteiger partial charge in [-0.15, -0.1) is 0 Å². The van der Waals surface area contributed by atoms with Crippen LogP contribution in [0.3, 0.4) is 0 Å². The highest BCUT2D eigenvalue weighted by atomic mass is 16.4. The molecule has 1 aliphatic heterocycles. The Bertz CT molecular complexity index is 2680. The van der Waals surface area contributed by atoms with Gasteiger partial charge in [0.2, 0.25) is 65.0 Å². The second-order valence-electron chi connectivity index (χ2n) is 20.9. The zero-order valence-electron chi connectivity index (χ0n) is 47.4. The fourth-order valence-electron chi connectivity index (χ4n) is 8.60. The first kappa shape index (κ1) is 69.5. The summed E-state index contributed by atoms with van der Waals surface area (Å²) >= 11 is 0. The molecule has 2 aromatic rings. The van der Waals surface area contributed by atoms with Crippen molar-refractivity contribution in [3.63, 3.8) is 0 Å². The van der Waals surface area contributed by atoms with Gasteiger partial charge >= 0.3 is 11.9 Å². The topological polar surface area (TPSA) is 487 Å². The molecule has 0 aliphatic carbocycles. The van der Waals surface area contributed by atoms with Crippen LogP contribution >= 0.6 is 0 Å². The highest BCUT2D eigenvalue weighted by Crippen LogP contribution is 2.22. The van der Waals surface area contributed by atoms with Crippen molar-refractivity contribution in [1.82, 2.24) is 52.8 Å². The summed E-state index contributed by atoms with van der Waals surface area (Å²) in [7, 11) is 0. The van der Waals surface area contributed by atoms with Crippen molar-refractivity contribution < 1.29 is 87.9 Å². The number of likely N-dealkylation sites (tertiary alicyclic amines) is 1. The number of benzene rings is 2. The second-order valence-corrected chi connectivity index (χ2v) is 20.9. The molecule has 1 heterocycles. The van der Waals surface area contributed by atoms with E-state index in [1.54, 1.807) is 56.3 Å². The van der Waals surface area contributed by atoms with E-state index in [0.717, 1.165) is 6.92 Å². The zero-order chi connectivity index (χ0) is 63.1. The Morgan fingerprint density at radius 1 is 0.607 bits per heavy atom. The van der Waals surface area contributed by atoms with Crippen LogP contribution in [0.1, 0.15) is 84.8 Å². The van der Waals surface area contributed by atoms with Gasteiger partial charge < -0.3 is 89.8 Å². The number of aliphatic hydroxyl groups excluding tert-OH is 2. The number of aliphatic carboxylic acids is 2. The minimum Gasteiger partial charge on any atom is -0.508 e. The number of primary amides is 1. The molecule has 0 saturated carbocycles. The first-order valence-electron chi connectivity index (χ1n) is 27.0. The number of aromatic hydroxyl groups is 1. The minimum atomic E-state index is -1.83. The molecule has 1 saturated heterocycles. The molecule has 30 nitrogen and oxygen atoms in total. The molecule has 1 fully saturated rings. The molecule has 11 amide bonds. The molecular weight excluding hydrogens is 1100 g/mol. The van der Waals surface area contributed by atoms with Crippen molar-refractivity contribution in [3.05, 3.63) is 65.7 Å². The molecule has 0 unspecified atom stereocenters. The Labute approximate surface area is 483 Å². The van der Waals surface area contributed by atoms with E-state index in [0.29, 0.717) is 17.5 Å². The lowest BCUT2D eigenvalue weighted by atomic mass is 10.00. The molecule has 0 radical (unpaired) electrons. The molecule has 0 bridgehead atoms. The van der Waals surface area contributed by atoms with Crippen LogP contribution in [0.4, 0.5) is 0 Å². The number of carbonyl (C=O) groups excluding carboxylic acids is 11. The van der Waals surface area contributed by atoms with Crippen LogP contribution in [0.2, 0.25) is 0 Å². The number of aliphatic hydroxyl groups is 2. The Balaban J connectivity index is 1.64. The number of hydrogen-bond acceptors (Lipinski definition) is 17. The van der Waals surface area contributed by atoms with E-state index >= 15 is 0 Å². The number of nitrogens with one attached hydrogen (secondary N) is 9. The maximum Gasteiger partial charge on any atom is 0.326 e. The predicted molar refractivity (Wildman–Crippen MR) is 296 cm³/mol. The highest BCUT2D eigenvalue weighted by Gasteiger charge is 2.42. The molecule has 30 heteroatoms. The van der Waals surface area contributed by atoms with E-state index < -0.39 is 188 Å². The van der Waals surface area contributed by atoms with E-state index in [4.69, 9.17) is 11.5 Å². The lowest BCUT2D eigenvalue weighted by molar-refractivity contribution is -0.143. The van der Waals surface area contributed by atoms with Gasteiger partial charge in [-0.2, -0.15) is 0 Å². The van der Waals surface area contributed by atoms with Crippen molar-refractivity contribution in [1.29, 1.82) is 0 Å². The van der Waals surface area contributed by atoms with Crippen molar-refractivity contribution in [2.24, 2.45) is 23.3 Å². The SMILES string of the molecule is CC(C)[C@H](NC(=O)[C@H](CC(N)=O)NC(=O)[C@@H](NC(=O)[C@H]1CCCN1C(=O)[C@@H](NC(=O)[C@@H](N)Cc1ccc(O)cc1)C(C)C)[C@@H](C)O)C(=O)NCC(=O)N[C@@H](CO)C(=O)N[C@@H](CCC(=O)O)C(=O)N[C@@H](C)C(=O)N[C@@H](Cc1ccccc1)C(=O)O. The minimum absolute atomic E-state index is 0.0194. The maximum absolute atomic E-state index is 14.0. The normalized spacial score (nSPS) is 16.5. The van der Waals surface area contributed by atoms with Crippen LogP contribution in [0.15, 0.2) is 54.6 Å².